The number of carbonyl (C=O) groups excluding carboxylic acids is 1. The van der Waals surface area contributed by atoms with Crippen LogP contribution in [0.1, 0.15) is 18.9 Å². The first-order valence-electron chi connectivity index (χ1n) is 7.82. The lowest BCUT2D eigenvalue weighted by molar-refractivity contribution is -0.137. The molecule has 2 aromatic carbocycles. The van der Waals surface area contributed by atoms with Gasteiger partial charge in [-0.05, 0) is 55.5 Å². The van der Waals surface area contributed by atoms with Gasteiger partial charge in [-0.15, -0.1) is 0 Å². The fourth-order valence-corrected chi connectivity index (χ4v) is 2.12. The van der Waals surface area contributed by atoms with Crippen molar-refractivity contribution >= 4 is 17.3 Å². The topological polar surface area (TPSA) is 50.4 Å². The highest BCUT2D eigenvalue weighted by Crippen LogP contribution is 2.29. The lowest BCUT2D eigenvalue weighted by Crippen LogP contribution is -2.16. The van der Waals surface area contributed by atoms with Gasteiger partial charge in [0.2, 0.25) is 5.91 Å². The molecule has 0 atom stereocenters. The fourth-order valence-electron chi connectivity index (χ4n) is 2.12. The van der Waals surface area contributed by atoms with Crippen molar-refractivity contribution in [2.75, 3.05) is 23.8 Å². The van der Waals surface area contributed by atoms with E-state index in [2.05, 4.69) is 10.6 Å². The van der Waals surface area contributed by atoms with E-state index >= 15 is 0 Å². The van der Waals surface area contributed by atoms with Gasteiger partial charge in [0.05, 0.1) is 12.2 Å². The number of anilines is 2. The normalized spacial score (nSPS) is 11.0. The van der Waals surface area contributed by atoms with Crippen molar-refractivity contribution < 1.29 is 22.7 Å². The Morgan fingerprint density at radius 1 is 1.00 bits per heavy atom. The van der Waals surface area contributed by atoms with Crippen molar-refractivity contribution in [3.63, 3.8) is 0 Å². The Hall–Kier alpha value is -2.70. The molecule has 1 amide bonds. The van der Waals surface area contributed by atoms with Gasteiger partial charge in [0.25, 0.3) is 0 Å². The smallest absolute Gasteiger partial charge is 0.416 e. The molecule has 25 heavy (non-hydrogen) atoms. The van der Waals surface area contributed by atoms with Crippen LogP contribution in [0.4, 0.5) is 24.5 Å². The zero-order chi connectivity index (χ0) is 18.3. The van der Waals surface area contributed by atoms with E-state index in [1.165, 1.54) is 12.1 Å². The number of hydrogen-bond donors (Lipinski definition) is 2. The maximum Gasteiger partial charge on any atom is 0.416 e. The van der Waals surface area contributed by atoms with Crippen LogP contribution < -0.4 is 15.4 Å². The standard InChI is InChI=1S/C18H19F3N2O2/c1-2-25-16-9-7-14(8-10-16)22-12-11-17(24)23-15-5-3-13(4-6-15)18(19,20)21/h3-10,22H,2,11-12H2,1H3,(H,23,24). The van der Waals surface area contributed by atoms with E-state index < -0.39 is 11.7 Å². The summed E-state index contributed by atoms with van der Waals surface area (Å²) in [7, 11) is 0. The van der Waals surface area contributed by atoms with Crippen molar-refractivity contribution in [1.82, 2.24) is 0 Å². The molecule has 0 heterocycles. The first kappa shape index (κ1) is 18.6. The van der Waals surface area contributed by atoms with Gasteiger partial charge in [0.15, 0.2) is 0 Å². The summed E-state index contributed by atoms with van der Waals surface area (Å²) in [5.74, 6) is 0.492. The first-order valence-corrected chi connectivity index (χ1v) is 7.82. The largest absolute Gasteiger partial charge is 0.494 e. The van der Waals surface area contributed by atoms with E-state index in [1.807, 2.05) is 31.2 Å². The fraction of sp³-hybridized carbons (Fsp3) is 0.278. The molecule has 2 aromatic rings. The number of alkyl halides is 3. The minimum atomic E-state index is -4.38. The van der Waals surface area contributed by atoms with Crippen LogP contribution >= 0.6 is 0 Å². The third-order valence-corrected chi connectivity index (χ3v) is 3.34. The first-order chi connectivity index (χ1) is 11.9. The number of amides is 1. The van der Waals surface area contributed by atoms with Crippen LogP contribution in [0.15, 0.2) is 48.5 Å². The van der Waals surface area contributed by atoms with Crippen LogP contribution in [0.3, 0.4) is 0 Å². The third kappa shape index (κ3) is 6.02. The summed E-state index contributed by atoms with van der Waals surface area (Å²) in [6.45, 7) is 2.90. The molecule has 0 aliphatic carbocycles. The van der Waals surface area contributed by atoms with Crippen molar-refractivity contribution in [2.45, 2.75) is 19.5 Å². The second-order valence-electron chi connectivity index (χ2n) is 5.26. The lowest BCUT2D eigenvalue weighted by atomic mass is 10.2. The number of ether oxygens (including phenoxy) is 1. The Morgan fingerprint density at radius 2 is 1.60 bits per heavy atom. The van der Waals surface area contributed by atoms with Crippen LogP contribution in [0, 0.1) is 0 Å². The molecule has 0 aliphatic rings. The number of nitrogens with one attached hydrogen (secondary N) is 2. The zero-order valence-electron chi connectivity index (χ0n) is 13.7. The van der Waals surface area contributed by atoms with Gasteiger partial charge >= 0.3 is 6.18 Å². The van der Waals surface area contributed by atoms with E-state index in [-0.39, 0.29) is 12.3 Å². The summed E-state index contributed by atoms with van der Waals surface area (Å²) < 4.78 is 42.8. The average Bonchev–Trinajstić information content (AvgIpc) is 2.56. The van der Waals surface area contributed by atoms with E-state index in [1.54, 1.807) is 0 Å². The highest BCUT2D eigenvalue weighted by atomic mass is 19.4. The highest BCUT2D eigenvalue weighted by molar-refractivity contribution is 5.91. The Labute approximate surface area is 144 Å². The van der Waals surface area contributed by atoms with Crippen LogP contribution in [0.5, 0.6) is 5.75 Å². The number of benzene rings is 2. The number of halogens is 3. The average molecular weight is 352 g/mol. The van der Waals surface area contributed by atoms with Gasteiger partial charge in [-0.25, -0.2) is 0 Å². The second kappa shape index (κ2) is 8.41. The molecule has 0 saturated heterocycles. The molecule has 0 unspecified atom stereocenters. The maximum absolute atomic E-state index is 12.5. The molecule has 0 radical (unpaired) electrons. The minimum Gasteiger partial charge on any atom is -0.494 e. The summed E-state index contributed by atoms with van der Waals surface area (Å²) >= 11 is 0. The molecule has 0 fully saturated rings. The van der Waals surface area contributed by atoms with Crippen LogP contribution in [-0.2, 0) is 11.0 Å². The quantitative estimate of drug-likeness (QED) is 0.769. The van der Waals surface area contributed by atoms with E-state index in [9.17, 15) is 18.0 Å². The van der Waals surface area contributed by atoms with Crippen LogP contribution in [0.2, 0.25) is 0 Å². The van der Waals surface area contributed by atoms with Gasteiger partial charge in [0.1, 0.15) is 5.75 Å². The molecule has 0 bridgehead atoms. The molecular weight excluding hydrogens is 333 g/mol. The van der Waals surface area contributed by atoms with Crippen LogP contribution in [-0.4, -0.2) is 19.1 Å². The molecule has 2 rings (SSSR count). The number of hydrogen-bond acceptors (Lipinski definition) is 3. The number of rotatable bonds is 7. The monoisotopic (exact) mass is 352 g/mol. The summed E-state index contributed by atoms with van der Waals surface area (Å²) in [6, 6.07) is 11.7. The summed E-state index contributed by atoms with van der Waals surface area (Å²) in [6.07, 6.45) is -4.20. The van der Waals surface area contributed by atoms with Gasteiger partial charge in [-0.1, -0.05) is 0 Å². The zero-order valence-corrected chi connectivity index (χ0v) is 13.7. The van der Waals surface area contributed by atoms with E-state index in [0.717, 1.165) is 23.6 Å². The SMILES string of the molecule is CCOc1ccc(NCCC(=O)Nc2ccc(C(F)(F)F)cc2)cc1. The molecule has 0 saturated carbocycles. The summed E-state index contributed by atoms with van der Waals surface area (Å²) in [5.41, 5.74) is 0.438. The molecule has 4 nitrogen and oxygen atoms in total. The molecule has 0 aromatic heterocycles. The second-order valence-corrected chi connectivity index (χ2v) is 5.26. The Bertz CT molecular complexity index is 683. The van der Waals surface area contributed by atoms with Crippen molar-refractivity contribution in [2.24, 2.45) is 0 Å². The molecule has 0 aliphatic heterocycles. The molecule has 0 spiro atoms. The van der Waals surface area contributed by atoms with Crippen LogP contribution in [0.25, 0.3) is 0 Å². The highest BCUT2D eigenvalue weighted by Gasteiger charge is 2.29. The Balaban J connectivity index is 1.77. The number of carbonyl (C=O) groups is 1. The Morgan fingerprint density at radius 3 is 2.16 bits per heavy atom. The van der Waals surface area contributed by atoms with E-state index in [0.29, 0.717) is 18.8 Å². The molecule has 134 valence electrons. The summed E-state index contributed by atoms with van der Waals surface area (Å²) in [5, 5.41) is 5.66. The molecule has 7 heteroatoms. The van der Waals surface area contributed by atoms with Gasteiger partial charge < -0.3 is 15.4 Å². The van der Waals surface area contributed by atoms with E-state index in [4.69, 9.17) is 4.74 Å². The Kier molecular flexibility index (Phi) is 6.27. The van der Waals surface area contributed by atoms with Crippen molar-refractivity contribution in [3.05, 3.63) is 54.1 Å². The molecular formula is C18H19F3N2O2. The lowest BCUT2D eigenvalue weighted by Gasteiger charge is -2.10. The summed E-state index contributed by atoms with van der Waals surface area (Å²) in [4.78, 5) is 11.8. The third-order valence-electron chi connectivity index (χ3n) is 3.34. The van der Waals surface area contributed by atoms with Gasteiger partial charge in [-0.2, -0.15) is 13.2 Å². The minimum absolute atomic E-state index is 0.189. The molecule has 2 N–H and O–H groups in total. The van der Waals surface area contributed by atoms with Gasteiger partial charge in [-0.3, -0.25) is 4.79 Å². The predicted octanol–water partition coefficient (Wildman–Crippen LogP) is 4.54. The van der Waals surface area contributed by atoms with Crippen molar-refractivity contribution in [1.29, 1.82) is 0 Å². The van der Waals surface area contributed by atoms with Crippen molar-refractivity contribution in [3.8, 4) is 5.75 Å². The van der Waals surface area contributed by atoms with Gasteiger partial charge in [0, 0.05) is 24.3 Å². The maximum atomic E-state index is 12.5. The predicted molar refractivity (Wildman–Crippen MR) is 90.8 cm³/mol.